The molecule has 0 amide bonds. The second-order valence-corrected chi connectivity index (χ2v) is 7.02. The van der Waals surface area contributed by atoms with Crippen LogP contribution in [0, 0.1) is 13.8 Å². The van der Waals surface area contributed by atoms with Crippen molar-refractivity contribution in [1.29, 1.82) is 0 Å². The average Bonchev–Trinajstić information content (AvgIpc) is 2.93. The van der Waals surface area contributed by atoms with Crippen LogP contribution in [0.2, 0.25) is 0 Å². The van der Waals surface area contributed by atoms with Crippen LogP contribution in [0.1, 0.15) is 34.7 Å². The number of thiazole rings is 1. The number of rotatable bonds is 5. The highest BCUT2D eigenvalue weighted by molar-refractivity contribution is 7.09. The van der Waals surface area contributed by atoms with Gasteiger partial charge in [-0.05, 0) is 25.3 Å². The van der Waals surface area contributed by atoms with Gasteiger partial charge in [0.2, 0.25) is 0 Å². The predicted octanol–water partition coefficient (Wildman–Crippen LogP) is 3.57. The standard InChI is InChI=1S/C18H26N4S/c1-13-6-8-16(9-7-13)14(2)10-20-18(19-4)22(5)11-17-12-23-15(3)21-17/h6-9,12,14H,10-11H2,1-5H3,(H,19,20). The normalized spacial score (nSPS) is 13.0. The fourth-order valence-corrected chi connectivity index (χ4v) is 3.04. The topological polar surface area (TPSA) is 40.5 Å². The molecule has 0 spiro atoms. The number of hydrogen-bond acceptors (Lipinski definition) is 3. The average molecular weight is 331 g/mol. The highest BCUT2D eigenvalue weighted by Gasteiger charge is 2.11. The lowest BCUT2D eigenvalue weighted by Crippen LogP contribution is -2.40. The Balaban J connectivity index is 1.90. The third-order valence-electron chi connectivity index (χ3n) is 3.85. The molecule has 0 aliphatic carbocycles. The molecule has 1 heterocycles. The van der Waals surface area contributed by atoms with Crippen molar-refractivity contribution in [3.63, 3.8) is 0 Å². The summed E-state index contributed by atoms with van der Waals surface area (Å²) in [6.45, 7) is 8.00. The lowest BCUT2D eigenvalue weighted by atomic mass is 10.0. The molecule has 1 N–H and O–H groups in total. The summed E-state index contributed by atoms with van der Waals surface area (Å²) in [7, 11) is 3.86. The van der Waals surface area contributed by atoms with E-state index < -0.39 is 0 Å². The van der Waals surface area contributed by atoms with Gasteiger partial charge >= 0.3 is 0 Å². The Morgan fingerprint density at radius 3 is 2.57 bits per heavy atom. The van der Waals surface area contributed by atoms with Crippen LogP contribution in [0.15, 0.2) is 34.6 Å². The molecule has 0 radical (unpaired) electrons. The number of nitrogens with one attached hydrogen (secondary N) is 1. The van der Waals surface area contributed by atoms with Crippen LogP contribution >= 0.6 is 11.3 Å². The van der Waals surface area contributed by atoms with E-state index in [1.807, 2.05) is 21.0 Å². The van der Waals surface area contributed by atoms with Crippen molar-refractivity contribution >= 4 is 17.3 Å². The van der Waals surface area contributed by atoms with E-state index in [-0.39, 0.29) is 0 Å². The van der Waals surface area contributed by atoms with Crippen LogP contribution in [0.25, 0.3) is 0 Å². The molecule has 0 bridgehead atoms. The molecule has 2 aromatic rings. The van der Waals surface area contributed by atoms with E-state index in [0.717, 1.165) is 29.8 Å². The van der Waals surface area contributed by atoms with Crippen molar-refractivity contribution in [2.75, 3.05) is 20.6 Å². The first-order chi connectivity index (χ1) is 11.0. The molecule has 1 aromatic heterocycles. The van der Waals surface area contributed by atoms with Crippen LogP contribution in [0.4, 0.5) is 0 Å². The van der Waals surface area contributed by atoms with Gasteiger partial charge < -0.3 is 10.2 Å². The first-order valence-corrected chi connectivity index (χ1v) is 8.77. The quantitative estimate of drug-likeness (QED) is 0.673. The van der Waals surface area contributed by atoms with Gasteiger partial charge in [0.25, 0.3) is 0 Å². The molecule has 5 heteroatoms. The molecule has 1 atom stereocenters. The van der Waals surface area contributed by atoms with Gasteiger partial charge in [-0.2, -0.15) is 0 Å². The number of aliphatic imine (C=N–C) groups is 1. The zero-order chi connectivity index (χ0) is 16.8. The van der Waals surface area contributed by atoms with E-state index in [2.05, 4.69) is 63.7 Å². The van der Waals surface area contributed by atoms with Gasteiger partial charge in [0.15, 0.2) is 5.96 Å². The summed E-state index contributed by atoms with van der Waals surface area (Å²) < 4.78 is 0. The van der Waals surface area contributed by atoms with Crippen molar-refractivity contribution in [3.8, 4) is 0 Å². The number of aryl methyl sites for hydroxylation is 2. The highest BCUT2D eigenvalue weighted by Crippen LogP contribution is 2.15. The Kier molecular flexibility index (Phi) is 6.16. The minimum atomic E-state index is 0.433. The van der Waals surface area contributed by atoms with E-state index in [0.29, 0.717) is 5.92 Å². The largest absolute Gasteiger partial charge is 0.356 e. The lowest BCUT2D eigenvalue weighted by Gasteiger charge is -2.23. The molecular weight excluding hydrogens is 304 g/mol. The minimum Gasteiger partial charge on any atom is -0.356 e. The highest BCUT2D eigenvalue weighted by atomic mass is 32.1. The van der Waals surface area contributed by atoms with Gasteiger partial charge in [0.05, 0.1) is 17.2 Å². The molecule has 124 valence electrons. The Bertz CT molecular complexity index is 645. The summed E-state index contributed by atoms with van der Waals surface area (Å²) in [5.74, 6) is 1.33. The number of hydrogen-bond donors (Lipinski definition) is 1. The van der Waals surface area contributed by atoms with Gasteiger partial charge in [0.1, 0.15) is 0 Å². The van der Waals surface area contributed by atoms with Crippen LogP contribution in [-0.2, 0) is 6.54 Å². The molecule has 2 rings (SSSR count). The van der Waals surface area contributed by atoms with Gasteiger partial charge in [-0.15, -0.1) is 11.3 Å². The van der Waals surface area contributed by atoms with Crippen molar-refractivity contribution < 1.29 is 0 Å². The van der Waals surface area contributed by atoms with Crippen LogP contribution < -0.4 is 5.32 Å². The molecule has 4 nitrogen and oxygen atoms in total. The molecule has 1 unspecified atom stereocenters. The summed E-state index contributed by atoms with van der Waals surface area (Å²) >= 11 is 1.68. The first kappa shape index (κ1) is 17.5. The fraction of sp³-hybridized carbons (Fsp3) is 0.444. The summed E-state index contributed by atoms with van der Waals surface area (Å²) in [5.41, 5.74) is 3.73. The van der Waals surface area contributed by atoms with Crippen LogP contribution in [0.5, 0.6) is 0 Å². The minimum absolute atomic E-state index is 0.433. The van der Waals surface area contributed by atoms with Gasteiger partial charge in [-0.25, -0.2) is 4.98 Å². The predicted molar refractivity (Wildman–Crippen MR) is 99.3 cm³/mol. The van der Waals surface area contributed by atoms with E-state index in [9.17, 15) is 0 Å². The molecule has 23 heavy (non-hydrogen) atoms. The Morgan fingerprint density at radius 2 is 2.00 bits per heavy atom. The van der Waals surface area contributed by atoms with E-state index >= 15 is 0 Å². The van der Waals surface area contributed by atoms with Crippen molar-refractivity contribution in [1.82, 2.24) is 15.2 Å². The van der Waals surface area contributed by atoms with E-state index in [4.69, 9.17) is 0 Å². The summed E-state index contributed by atoms with van der Waals surface area (Å²) in [6.07, 6.45) is 0. The maximum Gasteiger partial charge on any atom is 0.193 e. The summed E-state index contributed by atoms with van der Waals surface area (Å²) in [6, 6.07) is 8.73. The molecule has 0 aliphatic heterocycles. The SMILES string of the molecule is CN=C(NCC(C)c1ccc(C)cc1)N(C)Cc1csc(C)n1. The van der Waals surface area contributed by atoms with Crippen molar-refractivity contribution in [2.24, 2.45) is 4.99 Å². The fourth-order valence-electron chi connectivity index (χ4n) is 2.44. The van der Waals surface area contributed by atoms with E-state index in [1.54, 1.807) is 11.3 Å². The maximum absolute atomic E-state index is 4.51. The second-order valence-electron chi connectivity index (χ2n) is 5.95. The van der Waals surface area contributed by atoms with Gasteiger partial charge in [-0.3, -0.25) is 4.99 Å². The molecule has 1 aromatic carbocycles. The smallest absolute Gasteiger partial charge is 0.193 e. The number of aromatic nitrogens is 1. The molecule has 0 aliphatic rings. The monoisotopic (exact) mass is 330 g/mol. The molecule has 0 fully saturated rings. The second kappa shape index (κ2) is 8.11. The first-order valence-electron chi connectivity index (χ1n) is 7.89. The maximum atomic E-state index is 4.51. The molecular formula is C18H26N4S. The number of nitrogens with zero attached hydrogens (tertiary/aromatic N) is 3. The van der Waals surface area contributed by atoms with Crippen LogP contribution in [0.3, 0.4) is 0 Å². The zero-order valence-electron chi connectivity index (χ0n) is 14.6. The number of guanidine groups is 1. The third kappa shape index (κ3) is 5.06. The zero-order valence-corrected chi connectivity index (χ0v) is 15.4. The Labute approximate surface area is 143 Å². The lowest BCUT2D eigenvalue weighted by molar-refractivity contribution is 0.468. The van der Waals surface area contributed by atoms with Gasteiger partial charge in [0, 0.05) is 26.0 Å². The Hall–Kier alpha value is -1.88. The number of benzene rings is 1. The van der Waals surface area contributed by atoms with E-state index in [1.165, 1.54) is 11.1 Å². The Morgan fingerprint density at radius 1 is 1.30 bits per heavy atom. The third-order valence-corrected chi connectivity index (χ3v) is 4.67. The van der Waals surface area contributed by atoms with Crippen molar-refractivity contribution in [2.45, 2.75) is 33.2 Å². The summed E-state index contributed by atoms with van der Waals surface area (Å²) in [5, 5.41) is 6.67. The van der Waals surface area contributed by atoms with Crippen molar-refractivity contribution in [3.05, 3.63) is 51.5 Å². The molecule has 0 saturated heterocycles. The van der Waals surface area contributed by atoms with Gasteiger partial charge in [-0.1, -0.05) is 36.8 Å². The van der Waals surface area contributed by atoms with Crippen LogP contribution in [-0.4, -0.2) is 36.5 Å². The summed E-state index contributed by atoms with van der Waals surface area (Å²) in [4.78, 5) is 11.0. The molecule has 0 saturated carbocycles.